The predicted octanol–water partition coefficient (Wildman–Crippen LogP) is -3.32. The third kappa shape index (κ3) is 4.39. The van der Waals surface area contributed by atoms with Gasteiger partial charge in [0.1, 0.15) is 0 Å². The van der Waals surface area contributed by atoms with Crippen molar-refractivity contribution < 1.29 is 51.0 Å². The van der Waals surface area contributed by atoms with E-state index >= 15 is 0 Å². The van der Waals surface area contributed by atoms with Crippen molar-refractivity contribution in [2.45, 2.75) is 13.3 Å². The molecule has 15 heavy (non-hydrogen) atoms. The minimum Gasteiger partial charge on any atom is -1.00 e. The molecule has 0 bridgehead atoms. The van der Waals surface area contributed by atoms with Gasteiger partial charge in [-0.25, -0.2) is 0 Å². The number of hydrogen-bond donors (Lipinski definition) is 0. The van der Waals surface area contributed by atoms with Crippen LogP contribution in [0.15, 0.2) is 36.3 Å². The van der Waals surface area contributed by atoms with Crippen LogP contribution in [-0.2, 0) is 26.2 Å². The summed E-state index contributed by atoms with van der Waals surface area (Å²) in [6.45, 7) is 4.32. The van der Waals surface area contributed by atoms with E-state index in [4.69, 9.17) is 0 Å². The van der Waals surface area contributed by atoms with Crippen LogP contribution in [0.1, 0.15) is 17.4 Å². The quantitative estimate of drug-likeness (QED) is 0.509. The van der Waals surface area contributed by atoms with E-state index in [0.29, 0.717) is 0 Å². The van der Waals surface area contributed by atoms with Gasteiger partial charge >= 0.3 is 99.4 Å². The van der Waals surface area contributed by atoms with Crippen LogP contribution in [0.4, 0.5) is 0 Å². The molecule has 0 amide bonds. The summed E-state index contributed by atoms with van der Waals surface area (Å²) in [7, 11) is 0. The van der Waals surface area contributed by atoms with E-state index in [2.05, 4.69) is 50.2 Å². The molecule has 0 atom stereocenters. The van der Waals surface area contributed by atoms with Crippen molar-refractivity contribution >= 4 is 12.5 Å². The molecule has 0 aliphatic heterocycles. The summed E-state index contributed by atoms with van der Waals surface area (Å²) in [5.41, 5.74) is 4.20. The van der Waals surface area contributed by atoms with Gasteiger partial charge in [-0.2, -0.15) is 0 Å². The van der Waals surface area contributed by atoms with E-state index in [1.165, 1.54) is 16.6 Å². The first-order chi connectivity index (χ1) is 5.88. The Bertz CT molecular complexity index is 361. The Morgan fingerprint density at radius 1 is 1.27 bits per heavy atom. The number of hydrogen-bond acceptors (Lipinski definition) is 0. The van der Waals surface area contributed by atoms with Crippen molar-refractivity contribution in [3.63, 3.8) is 0 Å². The topological polar surface area (TPSA) is 0 Å². The van der Waals surface area contributed by atoms with E-state index in [-0.39, 0.29) is 51.0 Å². The molecule has 0 spiro atoms. The molecule has 0 saturated carbocycles. The first-order valence-electron chi connectivity index (χ1n) is 4.29. The zero-order valence-corrected chi connectivity index (χ0v) is 12.5. The van der Waals surface area contributed by atoms with Crippen LogP contribution in [0.25, 0.3) is 5.57 Å². The normalized spacial score (nSPS) is 11.7. The summed E-state index contributed by atoms with van der Waals surface area (Å²) in [5.74, 6) is 2.09. The van der Waals surface area contributed by atoms with Crippen molar-refractivity contribution in [2.24, 2.45) is 0 Å². The molecular weight excluding hydrogens is 305 g/mol. The molecule has 4 heteroatoms. The van der Waals surface area contributed by atoms with Crippen LogP contribution in [0.2, 0.25) is 0 Å². The molecule has 0 fully saturated rings. The molecule has 0 radical (unpaired) electrons. The fourth-order valence-electron chi connectivity index (χ4n) is 1.58. The largest absolute Gasteiger partial charge is 2.00 e. The van der Waals surface area contributed by atoms with Crippen molar-refractivity contribution in [1.29, 1.82) is 0 Å². The fourth-order valence-corrected chi connectivity index (χ4v) is 1.58. The fraction of sp³-hybridized carbons (Fsp3) is 0.182. The summed E-state index contributed by atoms with van der Waals surface area (Å²) in [4.78, 5) is 0. The molecule has 2 rings (SSSR count). The zero-order chi connectivity index (χ0) is 8.39. The van der Waals surface area contributed by atoms with Gasteiger partial charge in [-0.15, -0.1) is 0 Å². The molecule has 0 saturated heterocycles. The maximum atomic E-state index is 2.20. The first-order valence-corrected chi connectivity index (χ1v) is 4.29. The number of allylic oxidation sites excluding steroid dienone is 4. The summed E-state index contributed by atoms with van der Waals surface area (Å²) in [6, 6.07) is 4.29. The second kappa shape index (κ2) is 8.50. The van der Waals surface area contributed by atoms with Gasteiger partial charge in [-0.1, -0.05) is 0 Å². The molecule has 76 valence electrons. The minimum atomic E-state index is 0. The van der Waals surface area contributed by atoms with E-state index in [0.717, 1.165) is 6.42 Å². The molecule has 1 aromatic rings. The summed E-state index contributed by atoms with van der Waals surface area (Å²) >= 11 is 0. The number of halogens is 2. The van der Waals surface area contributed by atoms with Crippen LogP contribution in [0.3, 0.4) is 0 Å². The van der Waals surface area contributed by atoms with Crippen LogP contribution < -0.4 is 24.8 Å². The Morgan fingerprint density at radius 3 is 2.53 bits per heavy atom. The molecule has 1 aliphatic carbocycles. The van der Waals surface area contributed by atoms with E-state index in [9.17, 15) is 0 Å². The molecular formula is C11H11BCl2Zr. The SMILES string of the molecule is Cc1bcccc1C1=CC=CC1.[Cl-].[Cl-].[Zr+2]. The van der Waals surface area contributed by atoms with Crippen LogP contribution in [0.5, 0.6) is 0 Å². The van der Waals surface area contributed by atoms with Gasteiger partial charge in [-0.05, 0) is 0 Å². The number of aryl methyl sites for hydroxylation is 1. The van der Waals surface area contributed by atoms with Crippen molar-refractivity contribution in [3.8, 4) is 0 Å². The van der Waals surface area contributed by atoms with Crippen LogP contribution in [-0.4, -0.2) is 6.91 Å². The molecule has 0 aromatic carbocycles. The van der Waals surface area contributed by atoms with Gasteiger partial charge in [0, 0.05) is 0 Å². The van der Waals surface area contributed by atoms with E-state index < -0.39 is 0 Å². The smallest absolute Gasteiger partial charge is 1.00 e. The monoisotopic (exact) mass is 314 g/mol. The molecule has 1 aromatic heterocycles. The van der Waals surface area contributed by atoms with Crippen molar-refractivity contribution in [3.05, 3.63) is 47.3 Å². The van der Waals surface area contributed by atoms with Crippen LogP contribution >= 0.6 is 0 Å². The summed E-state index contributed by atoms with van der Waals surface area (Å²) in [5, 5.41) is 0. The molecule has 0 nitrogen and oxygen atoms in total. The van der Waals surface area contributed by atoms with Crippen LogP contribution in [0, 0.1) is 6.92 Å². The molecule has 1 heterocycles. The van der Waals surface area contributed by atoms with Gasteiger partial charge in [0.2, 0.25) is 0 Å². The van der Waals surface area contributed by atoms with Gasteiger partial charge in [0.15, 0.2) is 0 Å². The average Bonchev–Trinajstić information content (AvgIpc) is 2.57. The minimum absolute atomic E-state index is 0. The van der Waals surface area contributed by atoms with Gasteiger partial charge in [-0.3, -0.25) is 0 Å². The van der Waals surface area contributed by atoms with E-state index in [1.54, 1.807) is 0 Å². The Hall–Kier alpha value is 0.358. The predicted molar refractivity (Wildman–Crippen MR) is 54.3 cm³/mol. The van der Waals surface area contributed by atoms with Gasteiger partial charge in [0.05, 0.1) is 0 Å². The zero-order valence-electron chi connectivity index (χ0n) is 8.50. The molecule has 0 unspecified atom stereocenters. The second-order valence-corrected chi connectivity index (χ2v) is 3.14. The Labute approximate surface area is 123 Å². The maximum Gasteiger partial charge on any atom is 2.00 e. The second-order valence-electron chi connectivity index (χ2n) is 3.14. The third-order valence-corrected chi connectivity index (χ3v) is 2.26. The first kappa shape index (κ1) is 17.7. The Kier molecular flexibility index (Phi) is 10.1. The molecule has 0 N–H and O–H groups in total. The Morgan fingerprint density at radius 2 is 2.00 bits per heavy atom. The van der Waals surface area contributed by atoms with E-state index in [1.807, 2.05) is 0 Å². The number of rotatable bonds is 1. The Balaban J connectivity index is 0. The molecule has 1 aliphatic rings. The van der Waals surface area contributed by atoms with Crippen molar-refractivity contribution in [2.75, 3.05) is 0 Å². The third-order valence-electron chi connectivity index (χ3n) is 2.26. The summed E-state index contributed by atoms with van der Waals surface area (Å²) in [6.07, 6.45) is 7.61. The summed E-state index contributed by atoms with van der Waals surface area (Å²) < 4.78 is 0. The van der Waals surface area contributed by atoms with Gasteiger partial charge in [0.25, 0.3) is 0 Å². The van der Waals surface area contributed by atoms with Gasteiger partial charge < -0.3 is 24.8 Å². The maximum absolute atomic E-state index is 2.20. The average molecular weight is 316 g/mol. The van der Waals surface area contributed by atoms with Crippen molar-refractivity contribution in [1.82, 2.24) is 0 Å². The standard InChI is InChI=1S/C11H11B.2ClH.Zr/c1-9-11(7-4-8-12-9)10-5-2-3-6-10;;;/h2-5,7-8H,6H2,1H3;2*1H;/q;;;+2/p-2.